The third-order valence-corrected chi connectivity index (χ3v) is 5.27. The number of pyridine rings is 1. The van der Waals surface area contributed by atoms with Crippen LogP contribution in [0, 0.1) is 0 Å². The number of hydrogen-bond donors (Lipinski definition) is 2. The molecule has 1 saturated heterocycles. The van der Waals surface area contributed by atoms with E-state index in [1.54, 1.807) is 6.07 Å². The molecule has 0 aliphatic carbocycles. The van der Waals surface area contributed by atoms with Crippen LogP contribution >= 0.6 is 35.6 Å². The molecular weight excluding hydrogens is 451 g/mol. The van der Waals surface area contributed by atoms with Crippen LogP contribution in [-0.2, 0) is 11.0 Å². The molecule has 1 fully saturated rings. The molecule has 1 amide bonds. The molecule has 29 heavy (non-hydrogen) atoms. The van der Waals surface area contributed by atoms with Crippen LogP contribution in [0.1, 0.15) is 11.1 Å². The van der Waals surface area contributed by atoms with Crippen molar-refractivity contribution in [3.63, 3.8) is 0 Å². The highest BCUT2D eigenvalue weighted by Gasteiger charge is 2.35. The van der Waals surface area contributed by atoms with Gasteiger partial charge in [-0.15, -0.1) is 0 Å². The molecule has 6 nitrogen and oxygen atoms in total. The minimum atomic E-state index is -4.59. The van der Waals surface area contributed by atoms with E-state index in [1.165, 1.54) is 25.3 Å². The number of carbonyl (C=O) groups excluding carboxylic acids is 1. The van der Waals surface area contributed by atoms with Crippen molar-refractivity contribution < 1.29 is 27.8 Å². The predicted octanol–water partition coefficient (Wildman–Crippen LogP) is 4.70. The van der Waals surface area contributed by atoms with E-state index in [0.717, 1.165) is 16.8 Å². The Balaban J connectivity index is 1.83. The molecule has 0 unspecified atom stereocenters. The molecule has 0 atom stereocenters. The fourth-order valence-electron chi connectivity index (χ4n) is 2.28. The lowest BCUT2D eigenvalue weighted by Gasteiger charge is -2.17. The molecule has 2 N–H and O–H groups in total. The first kappa shape index (κ1) is 21.2. The van der Waals surface area contributed by atoms with Gasteiger partial charge < -0.3 is 9.84 Å². The predicted molar refractivity (Wildman–Crippen MR) is 108 cm³/mol. The number of anilines is 1. The Morgan fingerprint density at radius 1 is 1.38 bits per heavy atom. The van der Waals surface area contributed by atoms with Crippen LogP contribution in [0.5, 0.6) is 11.5 Å². The number of aromatic nitrogens is 1. The normalized spacial score (nSPS) is 15.9. The van der Waals surface area contributed by atoms with Crippen molar-refractivity contribution >= 4 is 57.7 Å². The van der Waals surface area contributed by atoms with Gasteiger partial charge in [-0.2, -0.15) is 18.2 Å². The number of phenols is 1. The number of thiocarbonyl (C=S) groups is 1. The number of carbonyl (C=O) groups is 1. The van der Waals surface area contributed by atoms with E-state index in [4.69, 9.17) is 28.6 Å². The van der Waals surface area contributed by atoms with Crippen molar-refractivity contribution in [2.75, 3.05) is 12.5 Å². The average molecular weight is 462 g/mol. The lowest BCUT2D eigenvalue weighted by atomic mass is 10.2. The summed E-state index contributed by atoms with van der Waals surface area (Å²) in [5.41, 5.74) is 2.10. The summed E-state index contributed by atoms with van der Waals surface area (Å²) in [6, 6.07) is 5.22. The monoisotopic (exact) mass is 461 g/mol. The first-order chi connectivity index (χ1) is 13.6. The summed E-state index contributed by atoms with van der Waals surface area (Å²) in [6.07, 6.45) is -2.46. The summed E-state index contributed by atoms with van der Waals surface area (Å²) in [4.78, 5) is 16.5. The van der Waals surface area contributed by atoms with Gasteiger partial charge in [0.1, 0.15) is 0 Å². The van der Waals surface area contributed by atoms with E-state index in [9.17, 15) is 23.1 Å². The number of amides is 1. The summed E-state index contributed by atoms with van der Waals surface area (Å²) in [7, 11) is 1.39. The van der Waals surface area contributed by atoms with Crippen LogP contribution in [0.3, 0.4) is 0 Å². The number of halogens is 4. The zero-order valence-electron chi connectivity index (χ0n) is 14.5. The molecule has 2 aromatic rings. The summed E-state index contributed by atoms with van der Waals surface area (Å²) >= 11 is 12.0. The second kappa shape index (κ2) is 8.09. The second-order valence-electron chi connectivity index (χ2n) is 5.61. The van der Waals surface area contributed by atoms with Gasteiger partial charge in [0, 0.05) is 6.20 Å². The van der Waals surface area contributed by atoms with Gasteiger partial charge in [0.2, 0.25) is 0 Å². The quantitative estimate of drug-likeness (QED) is 0.505. The van der Waals surface area contributed by atoms with Gasteiger partial charge in [0.05, 0.1) is 22.6 Å². The maximum atomic E-state index is 12.7. The van der Waals surface area contributed by atoms with E-state index in [-0.39, 0.29) is 31.6 Å². The van der Waals surface area contributed by atoms with Crippen molar-refractivity contribution in [3.05, 3.63) is 51.5 Å². The molecule has 1 aromatic heterocycles. The Hall–Kier alpha value is -2.50. The molecule has 3 rings (SSSR count). The molecule has 1 aromatic carbocycles. The first-order valence-corrected chi connectivity index (χ1v) is 9.35. The van der Waals surface area contributed by atoms with Crippen molar-refractivity contribution in [3.8, 4) is 11.5 Å². The van der Waals surface area contributed by atoms with Crippen LogP contribution in [0.15, 0.2) is 35.4 Å². The molecule has 0 radical (unpaired) electrons. The summed E-state index contributed by atoms with van der Waals surface area (Å²) in [5.74, 6) is -0.511. The highest BCUT2D eigenvalue weighted by molar-refractivity contribution is 8.26. The molecule has 152 valence electrons. The van der Waals surface area contributed by atoms with Crippen molar-refractivity contribution in [2.24, 2.45) is 0 Å². The lowest BCUT2D eigenvalue weighted by Crippen LogP contribution is -2.34. The Morgan fingerprint density at radius 2 is 2.10 bits per heavy atom. The number of alkyl halides is 3. The lowest BCUT2D eigenvalue weighted by molar-refractivity contribution is -0.137. The number of methoxy groups -OCH3 is 1. The Bertz CT molecular complexity index is 1030. The molecule has 0 spiro atoms. The second-order valence-corrected chi connectivity index (χ2v) is 7.70. The number of hydrogen-bond acceptors (Lipinski definition) is 7. The maximum Gasteiger partial charge on any atom is 0.417 e. The number of benzene rings is 1. The fourth-order valence-corrected chi connectivity index (χ4v) is 3.67. The van der Waals surface area contributed by atoms with Gasteiger partial charge in [0.25, 0.3) is 5.91 Å². The fraction of sp³-hybridized carbons (Fsp3) is 0.118. The summed E-state index contributed by atoms with van der Waals surface area (Å²) in [6.45, 7) is 0. The number of nitrogens with one attached hydrogen (secondary N) is 1. The third kappa shape index (κ3) is 4.57. The number of nitrogens with zero attached hydrogens (tertiary/aromatic N) is 2. The number of thioether (sulfide) groups is 1. The van der Waals surface area contributed by atoms with Gasteiger partial charge in [-0.05, 0) is 42.1 Å². The van der Waals surface area contributed by atoms with Crippen LogP contribution < -0.4 is 10.2 Å². The van der Waals surface area contributed by atoms with E-state index < -0.39 is 17.6 Å². The maximum absolute atomic E-state index is 12.7. The number of ether oxygens (including phenoxy) is 1. The average Bonchev–Trinajstić information content (AvgIpc) is 2.91. The SMILES string of the molecule is COc1cc(/C=C2/SC(=S)N(Nc3ncc(C(F)(F)F)cc3Cl)C2=O)ccc1O. The number of phenolic OH excluding ortho intramolecular Hbond substituents is 1. The Labute approximate surface area is 177 Å². The minimum Gasteiger partial charge on any atom is -0.504 e. The van der Waals surface area contributed by atoms with Crippen molar-refractivity contribution in [1.29, 1.82) is 0 Å². The van der Waals surface area contributed by atoms with E-state index in [1.807, 2.05) is 0 Å². The third-order valence-electron chi connectivity index (χ3n) is 3.68. The van der Waals surface area contributed by atoms with E-state index >= 15 is 0 Å². The smallest absolute Gasteiger partial charge is 0.417 e. The largest absolute Gasteiger partial charge is 0.504 e. The van der Waals surface area contributed by atoms with Gasteiger partial charge in [0.15, 0.2) is 21.6 Å². The molecule has 12 heteroatoms. The highest BCUT2D eigenvalue weighted by Crippen LogP contribution is 2.36. The van der Waals surface area contributed by atoms with Gasteiger partial charge in [-0.25, -0.2) is 4.98 Å². The van der Waals surface area contributed by atoms with Crippen molar-refractivity contribution in [2.45, 2.75) is 6.18 Å². The molecule has 1 aliphatic heterocycles. The Morgan fingerprint density at radius 3 is 2.72 bits per heavy atom. The van der Waals surface area contributed by atoms with Crippen LogP contribution in [0.25, 0.3) is 6.08 Å². The molecule has 0 saturated carbocycles. The minimum absolute atomic E-state index is 0.0538. The van der Waals surface area contributed by atoms with Crippen LogP contribution in [0.2, 0.25) is 5.02 Å². The number of rotatable bonds is 4. The molecule has 2 heterocycles. The first-order valence-electron chi connectivity index (χ1n) is 7.74. The Kier molecular flexibility index (Phi) is 5.92. The summed E-state index contributed by atoms with van der Waals surface area (Å²) < 4.78 is 43.3. The number of aromatic hydroxyl groups is 1. The highest BCUT2D eigenvalue weighted by atomic mass is 35.5. The van der Waals surface area contributed by atoms with Crippen molar-refractivity contribution in [1.82, 2.24) is 9.99 Å². The van der Waals surface area contributed by atoms with E-state index in [2.05, 4.69) is 10.4 Å². The molecule has 0 bridgehead atoms. The van der Waals surface area contributed by atoms with Gasteiger partial charge >= 0.3 is 6.18 Å². The summed E-state index contributed by atoms with van der Waals surface area (Å²) in [5, 5.41) is 10.3. The van der Waals surface area contributed by atoms with E-state index in [0.29, 0.717) is 17.8 Å². The van der Waals surface area contributed by atoms with Crippen LogP contribution in [-0.4, -0.2) is 32.4 Å². The molecular formula is C17H11ClF3N3O3S2. The number of hydrazine groups is 1. The van der Waals surface area contributed by atoms with Gasteiger partial charge in [-0.1, -0.05) is 29.4 Å². The zero-order chi connectivity index (χ0) is 21.3. The standard InChI is InChI=1S/C17H11ClF3N3O3S2/c1-27-12-4-8(2-3-11(12)25)5-13-15(26)24(16(28)29-13)23-14-10(18)6-9(7-22-14)17(19,20)21/h2-7,25H,1H3,(H,22,23)/b13-5+. The van der Waals surface area contributed by atoms with Gasteiger partial charge in [-0.3, -0.25) is 10.2 Å². The zero-order valence-corrected chi connectivity index (χ0v) is 16.8. The topological polar surface area (TPSA) is 74.7 Å². The van der Waals surface area contributed by atoms with Crippen LogP contribution in [0.4, 0.5) is 19.0 Å². The molecule has 1 aliphatic rings.